The number of hydrogen-bond acceptors (Lipinski definition) is 3. The maximum atomic E-state index is 7.56. The highest BCUT2D eigenvalue weighted by Gasteiger charge is 2.51. The molecule has 0 saturated carbocycles. The first-order chi connectivity index (χ1) is 11.3. The molecule has 1 fully saturated rings. The van der Waals surface area contributed by atoms with Crippen LogP contribution in [0.1, 0.15) is 27.7 Å². The van der Waals surface area contributed by atoms with Gasteiger partial charge in [0.15, 0.2) is 5.69 Å². The van der Waals surface area contributed by atoms with Gasteiger partial charge >= 0.3 is 7.12 Å². The van der Waals surface area contributed by atoms with Crippen LogP contribution in [0.15, 0.2) is 40.8 Å². The van der Waals surface area contributed by atoms with Crippen molar-refractivity contribution in [1.82, 2.24) is 0 Å². The number of rotatable bonds is 1. The Morgan fingerprint density at radius 3 is 2.29 bits per heavy atom. The molecule has 0 amide bonds. The lowest BCUT2D eigenvalue weighted by atomic mass is 9.78. The highest BCUT2D eigenvalue weighted by atomic mass is 16.7. The minimum Gasteiger partial charge on any atom is -0.457 e. The fourth-order valence-electron chi connectivity index (χ4n) is 3.06. The van der Waals surface area contributed by atoms with Gasteiger partial charge in [0, 0.05) is 10.8 Å². The van der Waals surface area contributed by atoms with E-state index in [1.807, 2.05) is 64.1 Å². The minimum atomic E-state index is -0.506. The number of fused-ring (bicyclic) bond motifs is 3. The molecule has 4 rings (SSSR count). The van der Waals surface area contributed by atoms with Crippen molar-refractivity contribution in [3.63, 3.8) is 0 Å². The number of nitrogens with zero attached hydrogens (tertiary/aromatic N) is 1. The van der Waals surface area contributed by atoms with Gasteiger partial charge in [-0.05, 0) is 45.3 Å². The van der Waals surface area contributed by atoms with Crippen LogP contribution in [0.3, 0.4) is 0 Å². The summed E-state index contributed by atoms with van der Waals surface area (Å²) >= 11 is 0. The smallest absolute Gasteiger partial charge is 0.457 e. The van der Waals surface area contributed by atoms with Gasteiger partial charge in [0.25, 0.3) is 0 Å². The number of para-hydroxylation sites is 1. The van der Waals surface area contributed by atoms with Crippen molar-refractivity contribution in [3.8, 4) is 0 Å². The molecule has 5 heteroatoms. The van der Waals surface area contributed by atoms with E-state index in [4.69, 9.17) is 20.3 Å². The first-order valence-corrected chi connectivity index (χ1v) is 8.01. The zero-order valence-corrected chi connectivity index (χ0v) is 14.2. The van der Waals surface area contributed by atoms with Gasteiger partial charge in [-0.3, -0.25) is 0 Å². The summed E-state index contributed by atoms with van der Waals surface area (Å²) in [5, 5.41) is 1.81. The Hall–Kier alpha value is -2.29. The summed E-state index contributed by atoms with van der Waals surface area (Å²) in [6.07, 6.45) is 0. The molecule has 0 aliphatic carbocycles. The molecule has 0 spiro atoms. The summed E-state index contributed by atoms with van der Waals surface area (Å²) in [6, 6.07) is 11.5. The third kappa shape index (κ3) is 2.07. The van der Waals surface area contributed by atoms with Crippen LogP contribution in [0.5, 0.6) is 0 Å². The fourth-order valence-corrected chi connectivity index (χ4v) is 3.06. The molecule has 4 nitrogen and oxygen atoms in total. The molecular weight excluding hydrogens is 301 g/mol. The second kappa shape index (κ2) is 4.86. The van der Waals surface area contributed by atoms with Crippen molar-refractivity contribution in [2.75, 3.05) is 0 Å². The van der Waals surface area contributed by atoms with Crippen molar-refractivity contribution < 1.29 is 13.7 Å². The molecule has 1 aromatic heterocycles. The van der Waals surface area contributed by atoms with E-state index in [9.17, 15) is 0 Å². The summed E-state index contributed by atoms with van der Waals surface area (Å²) in [6.45, 7) is 15.6. The number of furan rings is 1. The third-order valence-corrected chi connectivity index (χ3v) is 5.13. The number of hydrogen-bond donors (Lipinski definition) is 0. The van der Waals surface area contributed by atoms with Crippen LogP contribution < -0.4 is 5.46 Å². The highest BCUT2D eigenvalue weighted by Crippen LogP contribution is 2.39. The van der Waals surface area contributed by atoms with E-state index in [0.29, 0.717) is 11.3 Å². The zero-order valence-electron chi connectivity index (χ0n) is 14.2. The average Bonchev–Trinajstić information content (AvgIpc) is 3.00. The lowest BCUT2D eigenvalue weighted by molar-refractivity contribution is 0.00578. The van der Waals surface area contributed by atoms with E-state index in [0.717, 1.165) is 21.8 Å². The fraction of sp³-hybridized carbons (Fsp3) is 0.316. The summed E-state index contributed by atoms with van der Waals surface area (Å²) in [7, 11) is -0.506. The van der Waals surface area contributed by atoms with Gasteiger partial charge in [0.2, 0.25) is 0 Å². The van der Waals surface area contributed by atoms with Gasteiger partial charge in [0.05, 0.1) is 17.8 Å². The molecule has 0 bridgehead atoms. The Morgan fingerprint density at radius 2 is 1.62 bits per heavy atom. The van der Waals surface area contributed by atoms with Crippen molar-refractivity contribution in [2.45, 2.75) is 38.9 Å². The summed E-state index contributed by atoms with van der Waals surface area (Å²) in [4.78, 5) is 3.70. The molecule has 1 aliphatic rings. The summed E-state index contributed by atoms with van der Waals surface area (Å²) in [5.74, 6) is 0. The predicted molar refractivity (Wildman–Crippen MR) is 95.7 cm³/mol. The van der Waals surface area contributed by atoms with Crippen LogP contribution in [-0.4, -0.2) is 18.3 Å². The molecule has 0 radical (unpaired) electrons. The summed E-state index contributed by atoms with van der Waals surface area (Å²) < 4.78 is 18.2. The van der Waals surface area contributed by atoms with Crippen LogP contribution in [0.2, 0.25) is 0 Å². The van der Waals surface area contributed by atoms with Crippen LogP contribution in [-0.2, 0) is 9.31 Å². The van der Waals surface area contributed by atoms with E-state index < -0.39 is 18.3 Å². The Balaban J connectivity index is 1.90. The summed E-state index contributed by atoms with van der Waals surface area (Å²) in [5.41, 5.74) is 2.00. The molecular formula is C19H18BNO3. The first-order valence-electron chi connectivity index (χ1n) is 8.01. The van der Waals surface area contributed by atoms with E-state index in [-0.39, 0.29) is 0 Å². The molecule has 0 N–H and O–H groups in total. The molecule has 1 aliphatic heterocycles. The Kier molecular flexibility index (Phi) is 3.09. The molecule has 120 valence electrons. The lowest BCUT2D eigenvalue weighted by Crippen LogP contribution is -2.41. The van der Waals surface area contributed by atoms with E-state index in [1.165, 1.54) is 0 Å². The zero-order chi connectivity index (χ0) is 17.1. The minimum absolute atomic E-state index is 0.418. The largest absolute Gasteiger partial charge is 0.493 e. The second-order valence-corrected chi connectivity index (χ2v) is 7.21. The van der Waals surface area contributed by atoms with Crippen LogP contribution >= 0.6 is 0 Å². The van der Waals surface area contributed by atoms with Crippen molar-refractivity contribution in [1.29, 1.82) is 0 Å². The van der Waals surface area contributed by atoms with Gasteiger partial charge in [-0.2, -0.15) is 0 Å². The standard InChI is InChI=1S/C19H18BNO3/c1-18(2)19(3,4)24-20(23-18)12-10-14(21-5)17-13-8-6-7-9-15(13)22-16(17)11-12/h6-11H,1-4H3. The van der Waals surface area contributed by atoms with Crippen molar-refractivity contribution in [3.05, 3.63) is 47.8 Å². The van der Waals surface area contributed by atoms with Gasteiger partial charge in [-0.1, -0.05) is 24.3 Å². The molecule has 24 heavy (non-hydrogen) atoms. The number of benzene rings is 2. The normalized spacial score (nSPS) is 19.0. The van der Waals surface area contributed by atoms with Crippen LogP contribution in [0, 0.1) is 6.57 Å². The molecule has 0 atom stereocenters. The average molecular weight is 319 g/mol. The maximum Gasteiger partial charge on any atom is 0.493 e. The molecule has 2 aromatic carbocycles. The van der Waals surface area contributed by atoms with Crippen molar-refractivity contribution in [2.24, 2.45) is 0 Å². The van der Waals surface area contributed by atoms with Gasteiger partial charge in [-0.15, -0.1) is 0 Å². The van der Waals surface area contributed by atoms with E-state index >= 15 is 0 Å². The topological polar surface area (TPSA) is 36.0 Å². The molecule has 2 heterocycles. The lowest BCUT2D eigenvalue weighted by Gasteiger charge is -2.32. The highest BCUT2D eigenvalue weighted by molar-refractivity contribution is 6.62. The molecule has 3 aromatic rings. The maximum absolute atomic E-state index is 7.56. The van der Waals surface area contributed by atoms with Crippen LogP contribution in [0.4, 0.5) is 5.69 Å². The Bertz CT molecular complexity index is 981. The van der Waals surface area contributed by atoms with E-state index in [1.54, 1.807) is 0 Å². The van der Waals surface area contributed by atoms with Gasteiger partial charge < -0.3 is 13.7 Å². The third-order valence-electron chi connectivity index (χ3n) is 5.13. The Labute approximate surface area is 141 Å². The SMILES string of the molecule is [C-]#[N+]c1cc(B2OC(C)(C)C(C)(C)O2)cc2oc3ccccc3c12. The molecule has 1 saturated heterocycles. The second-order valence-electron chi connectivity index (χ2n) is 7.21. The van der Waals surface area contributed by atoms with Crippen molar-refractivity contribution >= 4 is 40.2 Å². The first kappa shape index (κ1) is 15.3. The predicted octanol–water partition coefficient (Wildman–Crippen LogP) is 4.44. The molecule has 0 unspecified atom stereocenters. The monoisotopic (exact) mass is 319 g/mol. The van der Waals surface area contributed by atoms with Gasteiger partial charge in [0.1, 0.15) is 11.2 Å². The van der Waals surface area contributed by atoms with E-state index in [2.05, 4.69) is 4.85 Å². The quantitative estimate of drug-likeness (QED) is 0.491. The van der Waals surface area contributed by atoms with Crippen LogP contribution in [0.25, 0.3) is 26.8 Å². The van der Waals surface area contributed by atoms with Gasteiger partial charge in [-0.25, -0.2) is 4.85 Å². The Morgan fingerprint density at radius 1 is 0.958 bits per heavy atom.